The van der Waals surface area contributed by atoms with Crippen molar-refractivity contribution < 1.29 is 22.4 Å². The molecule has 0 aliphatic rings. The molecule has 0 aliphatic carbocycles. The van der Waals surface area contributed by atoms with Gasteiger partial charge in [-0.05, 0) is 41.9 Å². The van der Waals surface area contributed by atoms with E-state index in [1.807, 2.05) is 0 Å². The highest BCUT2D eigenvalue weighted by Crippen LogP contribution is 2.37. The summed E-state index contributed by atoms with van der Waals surface area (Å²) in [7, 11) is 0. The van der Waals surface area contributed by atoms with Crippen LogP contribution in [0.2, 0.25) is 5.02 Å². The van der Waals surface area contributed by atoms with E-state index in [9.17, 15) is 18.0 Å². The molecule has 2 aromatic rings. The van der Waals surface area contributed by atoms with Gasteiger partial charge in [0.1, 0.15) is 5.76 Å². The predicted octanol–water partition coefficient (Wildman–Crippen LogP) is 5.00. The molecule has 0 radical (unpaired) electrons. The molecule has 1 heterocycles. The number of benzene rings is 1. The molecular formula is C12H5Cl2F3O2. The van der Waals surface area contributed by atoms with Crippen molar-refractivity contribution in [3.05, 3.63) is 46.7 Å². The van der Waals surface area contributed by atoms with Crippen LogP contribution in [0.15, 0.2) is 34.7 Å². The number of hydrogen-bond donors (Lipinski definition) is 0. The summed E-state index contributed by atoms with van der Waals surface area (Å²) in [5.74, 6) is -1.51. The molecule has 0 fully saturated rings. The first-order chi connectivity index (χ1) is 8.79. The van der Waals surface area contributed by atoms with Gasteiger partial charge in [0.2, 0.25) is 5.76 Å². The number of alkyl halides is 3. The van der Waals surface area contributed by atoms with Crippen LogP contribution in [-0.4, -0.2) is 5.24 Å². The van der Waals surface area contributed by atoms with E-state index in [-0.39, 0.29) is 5.76 Å². The highest BCUT2D eigenvalue weighted by molar-refractivity contribution is 6.68. The monoisotopic (exact) mass is 308 g/mol. The third kappa shape index (κ3) is 2.93. The van der Waals surface area contributed by atoms with E-state index in [0.717, 1.165) is 6.07 Å². The molecule has 0 N–H and O–H groups in total. The second kappa shape index (κ2) is 4.90. The van der Waals surface area contributed by atoms with Crippen LogP contribution in [0, 0.1) is 0 Å². The lowest BCUT2D eigenvalue weighted by molar-refractivity contribution is -0.152. The van der Waals surface area contributed by atoms with Crippen LogP contribution < -0.4 is 0 Å². The topological polar surface area (TPSA) is 30.2 Å². The van der Waals surface area contributed by atoms with Gasteiger partial charge in [-0.1, -0.05) is 11.6 Å². The molecule has 0 atom stereocenters. The number of furan rings is 1. The van der Waals surface area contributed by atoms with Crippen LogP contribution in [0.5, 0.6) is 0 Å². The lowest BCUT2D eigenvalue weighted by atomic mass is 10.1. The van der Waals surface area contributed by atoms with Crippen molar-refractivity contribution in [2.75, 3.05) is 0 Å². The zero-order chi connectivity index (χ0) is 14.2. The SMILES string of the molecule is O=C(Cl)c1cc(-c2ccc(Cl)cc2)oc1C(F)(F)F. The molecule has 7 heteroatoms. The summed E-state index contributed by atoms with van der Waals surface area (Å²) in [5, 5.41) is -0.795. The second-order valence-corrected chi connectivity index (χ2v) is 4.41. The lowest BCUT2D eigenvalue weighted by Gasteiger charge is -2.03. The van der Waals surface area contributed by atoms with E-state index < -0.39 is 22.7 Å². The minimum absolute atomic E-state index is 0.104. The van der Waals surface area contributed by atoms with Gasteiger partial charge in [-0.25, -0.2) is 0 Å². The van der Waals surface area contributed by atoms with E-state index >= 15 is 0 Å². The molecule has 2 nitrogen and oxygen atoms in total. The van der Waals surface area contributed by atoms with Crippen LogP contribution in [-0.2, 0) is 6.18 Å². The van der Waals surface area contributed by atoms with Crippen molar-refractivity contribution in [3.8, 4) is 11.3 Å². The molecule has 0 bridgehead atoms. The highest BCUT2D eigenvalue weighted by Gasteiger charge is 2.40. The first-order valence-electron chi connectivity index (χ1n) is 4.96. The van der Waals surface area contributed by atoms with Gasteiger partial charge in [0.25, 0.3) is 5.24 Å². The average Bonchev–Trinajstić information content (AvgIpc) is 2.74. The molecule has 0 unspecified atom stereocenters. The fourth-order valence-electron chi connectivity index (χ4n) is 1.50. The maximum Gasteiger partial charge on any atom is 0.450 e. The Morgan fingerprint density at radius 2 is 1.74 bits per heavy atom. The minimum Gasteiger partial charge on any atom is -0.451 e. The molecular weight excluding hydrogens is 304 g/mol. The molecule has 0 saturated heterocycles. The molecule has 100 valence electrons. The molecule has 0 aliphatic heterocycles. The fourth-order valence-corrected chi connectivity index (χ4v) is 1.77. The van der Waals surface area contributed by atoms with Crippen LogP contribution in [0.4, 0.5) is 13.2 Å². The van der Waals surface area contributed by atoms with Crippen LogP contribution in [0.3, 0.4) is 0 Å². The Bertz CT molecular complexity index is 615. The van der Waals surface area contributed by atoms with E-state index in [2.05, 4.69) is 0 Å². The van der Waals surface area contributed by atoms with Gasteiger partial charge < -0.3 is 4.42 Å². The number of halogens is 5. The van der Waals surface area contributed by atoms with Crippen molar-refractivity contribution in [1.29, 1.82) is 0 Å². The van der Waals surface area contributed by atoms with E-state index in [1.165, 1.54) is 24.3 Å². The van der Waals surface area contributed by atoms with Crippen LogP contribution >= 0.6 is 23.2 Å². The number of hydrogen-bond acceptors (Lipinski definition) is 2. The van der Waals surface area contributed by atoms with Crippen molar-refractivity contribution >= 4 is 28.4 Å². The summed E-state index contributed by atoms with van der Waals surface area (Å²) < 4.78 is 42.7. The van der Waals surface area contributed by atoms with Crippen molar-refractivity contribution in [2.45, 2.75) is 6.18 Å². The zero-order valence-electron chi connectivity index (χ0n) is 9.09. The maximum absolute atomic E-state index is 12.7. The maximum atomic E-state index is 12.7. The Labute approximate surface area is 115 Å². The molecule has 19 heavy (non-hydrogen) atoms. The Balaban J connectivity index is 2.55. The van der Waals surface area contributed by atoms with Crippen LogP contribution in [0.1, 0.15) is 16.1 Å². The zero-order valence-corrected chi connectivity index (χ0v) is 10.6. The Morgan fingerprint density at radius 3 is 2.16 bits per heavy atom. The van der Waals surface area contributed by atoms with Crippen molar-refractivity contribution in [1.82, 2.24) is 0 Å². The van der Waals surface area contributed by atoms with E-state index in [0.29, 0.717) is 10.6 Å². The van der Waals surface area contributed by atoms with E-state index in [1.54, 1.807) is 0 Å². The first-order valence-corrected chi connectivity index (χ1v) is 5.71. The average molecular weight is 309 g/mol. The lowest BCUT2D eigenvalue weighted by Crippen LogP contribution is -2.07. The summed E-state index contributed by atoms with van der Waals surface area (Å²) in [6.07, 6.45) is -4.79. The molecule has 1 aromatic carbocycles. The van der Waals surface area contributed by atoms with Gasteiger partial charge in [0.15, 0.2) is 0 Å². The Morgan fingerprint density at radius 1 is 1.16 bits per heavy atom. The number of rotatable bonds is 2. The largest absolute Gasteiger partial charge is 0.451 e. The Kier molecular flexibility index (Phi) is 3.60. The van der Waals surface area contributed by atoms with Crippen molar-refractivity contribution in [2.24, 2.45) is 0 Å². The van der Waals surface area contributed by atoms with Gasteiger partial charge in [0, 0.05) is 10.6 Å². The molecule has 2 rings (SSSR count). The third-order valence-electron chi connectivity index (χ3n) is 2.33. The normalized spacial score (nSPS) is 11.6. The summed E-state index contributed by atoms with van der Waals surface area (Å²) >= 11 is 10.8. The first kappa shape index (κ1) is 14.0. The molecule has 0 saturated carbocycles. The molecule has 0 spiro atoms. The van der Waals surface area contributed by atoms with Gasteiger partial charge in [-0.3, -0.25) is 4.79 Å². The highest BCUT2D eigenvalue weighted by atomic mass is 35.5. The van der Waals surface area contributed by atoms with Crippen LogP contribution in [0.25, 0.3) is 11.3 Å². The van der Waals surface area contributed by atoms with Gasteiger partial charge in [-0.15, -0.1) is 0 Å². The minimum atomic E-state index is -4.79. The number of carbonyl (C=O) groups is 1. The summed E-state index contributed by atoms with van der Waals surface area (Å²) in [6, 6.07) is 6.90. The second-order valence-electron chi connectivity index (χ2n) is 3.63. The molecule has 1 aromatic heterocycles. The standard InChI is InChI=1S/C12H5Cl2F3O2/c13-7-3-1-6(2-4-7)9-5-8(11(14)18)10(19-9)12(15,16)17/h1-5H. The summed E-state index contributed by atoms with van der Waals surface area (Å²) in [4.78, 5) is 11.0. The van der Waals surface area contributed by atoms with E-state index in [4.69, 9.17) is 27.6 Å². The Hall–Kier alpha value is -1.46. The smallest absolute Gasteiger partial charge is 0.450 e. The van der Waals surface area contributed by atoms with Gasteiger partial charge in [0.05, 0.1) is 5.56 Å². The summed E-state index contributed by atoms with van der Waals surface area (Å²) in [5.41, 5.74) is -0.349. The molecule has 0 amide bonds. The quantitative estimate of drug-likeness (QED) is 0.731. The van der Waals surface area contributed by atoms with Gasteiger partial charge in [-0.2, -0.15) is 13.2 Å². The predicted molar refractivity (Wildman–Crippen MR) is 64.3 cm³/mol. The number of carbonyl (C=O) groups excluding carboxylic acids is 1. The fraction of sp³-hybridized carbons (Fsp3) is 0.0833. The van der Waals surface area contributed by atoms with Gasteiger partial charge >= 0.3 is 6.18 Å². The summed E-state index contributed by atoms with van der Waals surface area (Å²) in [6.45, 7) is 0. The third-order valence-corrected chi connectivity index (χ3v) is 2.79. The van der Waals surface area contributed by atoms with Crippen molar-refractivity contribution in [3.63, 3.8) is 0 Å².